The summed E-state index contributed by atoms with van der Waals surface area (Å²) >= 11 is 0. The van der Waals surface area contributed by atoms with Crippen molar-refractivity contribution in [1.29, 1.82) is 15.8 Å². The third-order valence-corrected chi connectivity index (χ3v) is 8.09. The summed E-state index contributed by atoms with van der Waals surface area (Å²) in [4.78, 5) is 48.5. The van der Waals surface area contributed by atoms with Gasteiger partial charge in [-0.1, -0.05) is 20.8 Å². The number of H-pyrrole nitrogens is 1. The van der Waals surface area contributed by atoms with Crippen molar-refractivity contribution in [3.63, 3.8) is 0 Å². The number of hydrogen-bond donors (Lipinski definition) is 4. The number of nitrogens with zero attached hydrogens (tertiary/aromatic N) is 6. The van der Waals surface area contributed by atoms with Gasteiger partial charge in [0.05, 0.1) is 52.4 Å². The lowest BCUT2D eigenvalue weighted by atomic mass is 9.80. The van der Waals surface area contributed by atoms with Crippen molar-refractivity contribution in [2.24, 2.45) is 22.2 Å². The summed E-state index contributed by atoms with van der Waals surface area (Å²) in [5.74, 6) is 0.228. The fraction of sp³-hybridized carbons (Fsp3) is 0.625. The van der Waals surface area contributed by atoms with Crippen LogP contribution in [0.25, 0.3) is 11.2 Å². The van der Waals surface area contributed by atoms with Gasteiger partial charge in [-0.3, -0.25) is 14.4 Å². The second kappa shape index (κ2) is 16.4. The van der Waals surface area contributed by atoms with E-state index in [0.717, 1.165) is 44.7 Å². The maximum absolute atomic E-state index is 13.1. The van der Waals surface area contributed by atoms with Crippen molar-refractivity contribution in [2.75, 3.05) is 39.3 Å². The number of aromatic nitrogens is 3. The number of alkyl halides is 3. The monoisotopic (exact) mass is 706 g/mol. The Hall–Kier alpha value is -4.30. The van der Waals surface area contributed by atoms with E-state index in [0.29, 0.717) is 41.7 Å². The molecule has 49 heavy (non-hydrogen) atoms. The van der Waals surface area contributed by atoms with Gasteiger partial charge in [-0.2, -0.15) is 29.0 Å². The first-order chi connectivity index (χ1) is 22.4. The molecule has 1 atom stereocenters. The van der Waals surface area contributed by atoms with E-state index >= 15 is 0 Å². The number of rotatable bonds is 4. The maximum atomic E-state index is 13.1. The lowest BCUT2D eigenvalue weighted by molar-refractivity contribution is -0.156. The van der Waals surface area contributed by atoms with Crippen LogP contribution in [0.4, 0.5) is 13.2 Å². The maximum Gasteiger partial charge on any atom is 0.446 e. The van der Waals surface area contributed by atoms with Gasteiger partial charge in [0.15, 0.2) is 5.65 Å². The minimum absolute atomic E-state index is 0. The van der Waals surface area contributed by atoms with Gasteiger partial charge in [0.2, 0.25) is 12.2 Å². The molecule has 13 nitrogen and oxygen atoms in total. The summed E-state index contributed by atoms with van der Waals surface area (Å²) in [5.41, 5.74) is 1.36. The van der Waals surface area contributed by atoms with E-state index in [4.69, 9.17) is 15.3 Å². The number of aldehydes is 1. The summed E-state index contributed by atoms with van der Waals surface area (Å²) < 4.78 is 31.2. The van der Waals surface area contributed by atoms with Crippen molar-refractivity contribution in [2.45, 2.75) is 65.6 Å². The van der Waals surface area contributed by atoms with Crippen LogP contribution < -0.4 is 16.0 Å². The summed E-state index contributed by atoms with van der Waals surface area (Å²) in [6.45, 7) is 13.8. The van der Waals surface area contributed by atoms with E-state index in [2.05, 4.69) is 49.1 Å². The number of halogens is 4. The number of carbonyl (C=O) groups is 3. The van der Waals surface area contributed by atoms with Crippen LogP contribution in [0.1, 0.15) is 69.4 Å². The van der Waals surface area contributed by atoms with Crippen molar-refractivity contribution in [1.82, 2.24) is 35.8 Å². The second-order valence-corrected chi connectivity index (χ2v) is 14.0. The molecule has 0 spiro atoms. The molecule has 4 N–H and O–H groups in total. The van der Waals surface area contributed by atoms with Gasteiger partial charge in [-0.15, -0.1) is 12.4 Å². The van der Waals surface area contributed by atoms with Crippen molar-refractivity contribution in [3.8, 4) is 18.2 Å². The van der Waals surface area contributed by atoms with Crippen molar-refractivity contribution >= 4 is 41.7 Å². The Kier molecular flexibility index (Phi) is 13.7. The van der Waals surface area contributed by atoms with E-state index in [1.165, 1.54) is 0 Å². The molecule has 2 aromatic rings. The zero-order chi connectivity index (χ0) is 35.9. The zero-order valence-electron chi connectivity index (χ0n) is 28.1. The average molecular weight is 707 g/mol. The largest absolute Gasteiger partial charge is 0.446 e. The summed E-state index contributed by atoms with van der Waals surface area (Å²) in [6.07, 6.45) is -0.144. The second-order valence-electron chi connectivity index (χ2n) is 14.0. The highest BCUT2D eigenvalue weighted by Crippen LogP contribution is 2.39. The molecule has 266 valence electrons. The normalized spacial score (nSPS) is 19.1. The van der Waals surface area contributed by atoms with Crippen LogP contribution in [-0.4, -0.2) is 89.4 Å². The zero-order valence-corrected chi connectivity index (χ0v) is 28.9. The molecule has 3 saturated heterocycles. The fourth-order valence-electron chi connectivity index (χ4n) is 4.68. The van der Waals surface area contributed by atoms with Crippen molar-refractivity contribution in [3.05, 3.63) is 23.7 Å². The molecule has 1 aliphatic carbocycles. The predicted molar refractivity (Wildman–Crippen MR) is 175 cm³/mol. The number of fused-ring (bicyclic) bond motifs is 1. The minimum Gasteiger partial charge on any atom is -0.344 e. The Morgan fingerprint density at radius 1 is 1.06 bits per heavy atom. The first-order valence-corrected chi connectivity index (χ1v) is 15.5. The standard InChI is InChI=1S/C21H26N6O2.C5H8N2.C4H6N2.C2HF3O.ClH/c1-20(2,3)16(19(29)27-10-21(4,9-22)11-27)26-18(28)13-7-23-17-15(13)25-14(8-24-17)12-5-6-12;1-5(2-6)3-7-4-5;5-1-4-2-6-3-4;3-2(4,5)1-6;/h7-8,12,16H,5-6,10-11H2,1-4H3,(H,23,24)(H,26,28);7H,3-4H2,1H3;4,6H,2-3H2;1H;1H/t16-;;;;/m0..../s1. The van der Waals surface area contributed by atoms with Crippen LogP contribution in [-0.2, 0) is 9.59 Å². The summed E-state index contributed by atoms with van der Waals surface area (Å²) in [7, 11) is 0. The number of likely N-dealkylation sites (tertiary alicyclic amines) is 1. The highest BCUT2D eigenvalue weighted by atomic mass is 35.5. The van der Waals surface area contributed by atoms with E-state index in [-0.39, 0.29) is 29.6 Å². The number of amides is 2. The number of carbonyl (C=O) groups excluding carboxylic acids is 3. The molecular formula is C32H42ClF3N10O3. The summed E-state index contributed by atoms with van der Waals surface area (Å²) in [5, 5.41) is 34.6. The third-order valence-electron chi connectivity index (χ3n) is 8.09. The lowest BCUT2D eigenvalue weighted by Gasteiger charge is -2.46. The van der Waals surface area contributed by atoms with Crippen LogP contribution in [0.3, 0.4) is 0 Å². The molecule has 0 bridgehead atoms. The SMILES string of the molecule is CC1(C#N)CN(C(=O)[C@H](NC(=O)c2c[nH]c3ncc(C4CC4)nc23)C(C)(C)C)C1.CC1(C#N)CNC1.Cl.N#CC1CNC1.O=CC(F)(F)F. The highest BCUT2D eigenvalue weighted by molar-refractivity contribution is 6.06. The Morgan fingerprint density at radius 2 is 1.63 bits per heavy atom. The molecular weight excluding hydrogens is 665 g/mol. The molecule has 2 aromatic heterocycles. The first-order valence-electron chi connectivity index (χ1n) is 15.5. The van der Waals surface area contributed by atoms with E-state index < -0.39 is 29.3 Å². The van der Waals surface area contributed by atoms with Crippen LogP contribution in [0, 0.1) is 56.2 Å². The molecule has 5 heterocycles. The number of aromatic amines is 1. The molecule has 4 fully saturated rings. The molecule has 2 amide bonds. The molecule has 4 aliphatic rings. The van der Waals surface area contributed by atoms with Gasteiger partial charge in [0.25, 0.3) is 5.91 Å². The van der Waals surface area contributed by atoms with Gasteiger partial charge >= 0.3 is 6.18 Å². The highest BCUT2D eigenvalue weighted by Gasteiger charge is 2.46. The number of nitrogens with one attached hydrogen (secondary N) is 4. The lowest BCUT2D eigenvalue weighted by Crippen LogP contribution is -2.63. The van der Waals surface area contributed by atoms with Crippen LogP contribution in [0.5, 0.6) is 0 Å². The average Bonchev–Trinajstić information content (AvgIpc) is 3.74. The van der Waals surface area contributed by atoms with Gasteiger partial charge in [-0.05, 0) is 32.1 Å². The van der Waals surface area contributed by atoms with Gasteiger partial charge < -0.3 is 25.8 Å². The van der Waals surface area contributed by atoms with Crippen LogP contribution in [0.2, 0.25) is 0 Å². The number of nitriles is 3. The molecule has 0 aromatic carbocycles. The Labute approximate surface area is 289 Å². The third kappa shape index (κ3) is 11.4. The molecule has 0 unspecified atom stereocenters. The van der Waals surface area contributed by atoms with Crippen LogP contribution >= 0.6 is 12.4 Å². The fourth-order valence-corrected chi connectivity index (χ4v) is 4.68. The van der Waals surface area contributed by atoms with E-state index in [9.17, 15) is 28.0 Å². The Bertz CT molecular complexity index is 1600. The minimum atomic E-state index is -4.64. The van der Waals surface area contributed by atoms with Gasteiger partial charge in [0, 0.05) is 51.4 Å². The van der Waals surface area contributed by atoms with E-state index in [1.807, 2.05) is 34.6 Å². The first kappa shape index (κ1) is 40.9. The topological polar surface area (TPSA) is 203 Å². The molecule has 6 rings (SSSR count). The molecule has 17 heteroatoms. The number of hydrogen-bond acceptors (Lipinski definition) is 10. The van der Waals surface area contributed by atoms with Crippen LogP contribution in [0.15, 0.2) is 12.4 Å². The molecule has 3 aliphatic heterocycles. The van der Waals surface area contributed by atoms with Gasteiger partial charge in [0.1, 0.15) is 11.6 Å². The predicted octanol–water partition coefficient (Wildman–Crippen LogP) is 3.37. The molecule has 0 radical (unpaired) electrons. The smallest absolute Gasteiger partial charge is 0.344 e. The Morgan fingerprint density at radius 3 is 1.98 bits per heavy atom. The van der Waals surface area contributed by atoms with Gasteiger partial charge in [-0.25, -0.2) is 9.97 Å². The van der Waals surface area contributed by atoms with Crippen molar-refractivity contribution < 1.29 is 27.6 Å². The van der Waals surface area contributed by atoms with E-state index in [1.54, 1.807) is 17.3 Å². The molecule has 1 saturated carbocycles. The Balaban J connectivity index is 0.000000337. The quantitative estimate of drug-likeness (QED) is 0.341. The summed E-state index contributed by atoms with van der Waals surface area (Å²) in [6, 6.07) is 5.89.